The van der Waals surface area contributed by atoms with E-state index in [4.69, 9.17) is 4.74 Å². The Bertz CT molecular complexity index is 1230. The molecule has 3 amide bonds. The maximum Gasteiger partial charge on any atom is 0.411 e. The molecule has 1 saturated heterocycles. The van der Waals surface area contributed by atoms with Gasteiger partial charge in [0.25, 0.3) is 0 Å². The molecule has 0 saturated carbocycles. The summed E-state index contributed by atoms with van der Waals surface area (Å²) in [6.45, 7) is 4.32. The molecule has 0 aliphatic carbocycles. The van der Waals surface area contributed by atoms with Gasteiger partial charge in [-0.1, -0.05) is 68.4 Å². The maximum atomic E-state index is 13.4. The van der Waals surface area contributed by atoms with E-state index in [9.17, 15) is 18.8 Å². The Hall–Kier alpha value is -4.20. The molecule has 4 rings (SSSR count). The molecule has 1 aliphatic heterocycles. The Morgan fingerprint density at radius 2 is 1.62 bits per heavy atom. The summed E-state index contributed by atoms with van der Waals surface area (Å²) in [4.78, 5) is 39.9. The molecule has 8 heteroatoms. The number of anilines is 1. The molecule has 7 nitrogen and oxygen atoms in total. The Balaban J connectivity index is 1.54. The lowest BCUT2D eigenvalue weighted by Crippen LogP contribution is -2.46. The van der Waals surface area contributed by atoms with Crippen molar-refractivity contribution in [3.05, 3.63) is 101 Å². The summed E-state index contributed by atoms with van der Waals surface area (Å²) in [5, 5.41) is 5.71. The van der Waals surface area contributed by atoms with E-state index in [0.29, 0.717) is 17.7 Å². The molecule has 1 aliphatic rings. The average molecular weight is 504 g/mol. The molecule has 0 radical (unpaired) electrons. The molecule has 192 valence electrons. The number of nitrogens with one attached hydrogen (secondary N) is 2. The molecule has 37 heavy (non-hydrogen) atoms. The average Bonchev–Trinajstić information content (AvgIpc) is 3.20. The highest BCUT2D eigenvalue weighted by molar-refractivity contribution is 5.91. The normalized spacial score (nSPS) is 17.0. The second-order valence-electron chi connectivity index (χ2n) is 9.48. The highest BCUT2D eigenvalue weighted by Crippen LogP contribution is 2.34. The van der Waals surface area contributed by atoms with Crippen LogP contribution in [0.4, 0.5) is 14.9 Å². The van der Waals surface area contributed by atoms with Crippen molar-refractivity contribution in [3.63, 3.8) is 0 Å². The summed E-state index contributed by atoms with van der Waals surface area (Å²) in [7, 11) is 0. The van der Waals surface area contributed by atoms with Gasteiger partial charge in [-0.25, -0.2) is 9.18 Å². The first-order chi connectivity index (χ1) is 17.8. The SMILES string of the molecule is CC(C)CC(=O)Nc1ccc([C@H]2OC(=O)N(Cc3ccccc3)[C@@H]2C(=O)NCc2ccc(F)cc2)cc1. The van der Waals surface area contributed by atoms with E-state index in [1.165, 1.54) is 17.0 Å². The zero-order valence-corrected chi connectivity index (χ0v) is 20.8. The van der Waals surface area contributed by atoms with Gasteiger partial charge in [-0.3, -0.25) is 14.5 Å². The topological polar surface area (TPSA) is 87.7 Å². The largest absolute Gasteiger partial charge is 0.438 e. The highest BCUT2D eigenvalue weighted by Gasteiger charge is 2.46. The third kappa shape index (κ3) is 6.73. The quantitative estimate of drug-likeness (QED) is 0.421. The van der Waals surface area contributed by atoms with E-state index in [0.717, 1.165) is 11.1 Å². The van der Waals surface area contributed by atoms with Crippen molar-refractivity contribution in [2.45, 2.75) is 45.5 Å². The molecule has 3 aromatic carbocycles. The molecule has 3 aromatic rings. The first kappa shape index (κ1) is 25.9. The van der Waals surface area contributed by atoms with Gasteiger partial charge in [0.1, 0.15) is 5.82 Å². The summed E-state index contributed by atoms with van der Waals surface area (Å²) in [6.07, 6.45) is -1.03. The van der Waals surface area contributed by atoms with Crippen LogP contribution < -0.4 is 10.6 Å². The van der Waals surface area contributed by atoms with E-state index in [1.54, 1.807) is 36.4 Å². The van der Waals surface area contributed by atoms with E-state index >= 15 is 0 Å². The third-order valence-electron chi connectivity index (χ3n) is 6.05. The zero-order valence-electron chi connectivity index (χ0n) is 20.8. The number of nitrogens with zero attached hydrogens (tertiary/aromatic N) is 1. The minimum atomic E-state index is -0.922. The fourth-order valence-corrected chi connectivity index (χ4v) is 4.23. The molecule has 2 atom stereocenters. The number of carbonyl (C=O) groups is 3. The number of ether oxygens (including phenoxy) is 1. The Kier molecular flexibility index (Phi) is 8.18. The van der Waals surface area contributed by atoms with Crippen molar-refractivity contribution in [2.24, 2.45) is 5.92 Å². The second-order valence-corrected chi connectivity index (χ2v) is 9.48. The number of benzene rings is 3. The van der Waals surface area contributed by atoms with Crippen LogP contribution in [0, 0.1) is 11.7 Å². The van der Waals surface area contributed by atoms with E-state index in [2.05, 4.69) is 10.6 Å². The van der Waals surface area contributed by atoms with Crippen molar-refractivity contribution >= 4 is 23.6 Å². The molecule has 1 heterocycles. The van der Waals surface area contributed by atoms with Crippen molar-refractivity contribution in [2.75, 3.05) is 5.32 Å². The van der Waals surface area contributed by atoms with Crippen LogP contribution in [0.2, 0.25) is 0 Å². The van der Waals surface area contributed by atoms with Gasteiger partial charge in [-0.05, 0) is 46.9 Å². The first-order valence-electron chi connectivity index (χ1n) is 12.2. The standard InChI is InChI=1S/C29H30FN3O4/c1-19(2)16-25(34)32-24-14-10-22(11-15-24)27-26(28(35)31-17-20-8-12-23(30)13-9-20)33(29(36)37-27)18-21-6-4-3-5-7-21/h3-15,19,26-27H,16-18H2,1-2H3,(H,31,35)(H,32,34)/t26-,27+/m0/s1. The van der Waals surface area contributed by atoms with Gasteiger partial charge in [-0.2, -0.15) is 0 Å². The predicted octanol–water partition coefficient (Wildman–Crippen LogP) is 5.19. The molecule has 0 spiro atoms. The summed E-state index contributed by atoms with van der Waals surface area (Å²) < 4.78 is 19.0. The van der Waals surface area contributed by atoms with Crippen LogP contribution in [0.25, 0.3) is 0 Å². The minimum Gasteiger partial charge on any atom is -0.438 e. The van der Waals surface area contributed by atoms with Crippen molar-refractivity contribution in [1.82, 2.24) is 10.2 Å². The van der Waals surface area contributed by atoms with Gasteiger partial charge >= 0.3 is 6.09 Å². The first-order valence-corrected chi connectivity index (χ1v) is 12.2. The summed E-state index contributed by atoms with van der Waals surface area (Å²) in [6, 6.07) is 21.2. The molecular formula is C29H30FN3O4. The van der Waals surface area contributed by atoms with Crippen LogP contribution in [0.1, 0.15) is 43.1 Å². The second kappa shape index (κ2) is 11.7. The minimum absolute atomic E-state index is 0.0814. The smallest absolute Gasteiger partial charge is 0.411 e. The van der Waals surface area contributed by atoms with Gasteiger partial charge in [0, 0.05) is 18.7 Å². The Labute approximate surface area is 215 Å². The van der Waals surface area contributed by atoms with Crippen LogP contribution in [-0.2, 0) is 27.4 Å². The van der Waals surface area contributed by atoms with Gasteiger partial charge in [0.15, 0.2) is 12.1 Å². The maximum absolute atomic E-state index is 13.4. The monoisotopic (exact) mass is 503 g/mol. The Morgan fingerprint density at radius 3 is 2.27 bits per heavy atom. The molecule has 1 fully saturated rings. The fourth-order valence-electron chi connectivity index (χ4n) is 4.23. The van der Waals surface area contributed by atoms with Gasteiger partial charge in [-0.15, -0.1) is 0 Å². The van der Waals surface area contributed by atoms with Gasteiger partial charge < -0.3 is 15.4 Å². The lowest BCUT2D eigenvalue weighted by atomic mass is 10.00. The summed E-state index contributed by atoms with van der Waals surface area (Å²) in [5.74, 6) is -0.586. The lowest BCUT2D eigenvalue weighted by Gasteiger charge is -2.24. The van der Waals surface area contributed by atoms with Crippen LogP contribution in [0.15, 0.2) is 78.9 Å². The van der Waals surface area contributed by atoms with Crippen LogP contribution >= 0.6 is 0 Å². The number of carbonyl (C=O) groups excluding carboxylic acids is 3. The van der Waals surface area contributed by atoms with E-state index in [-0.39, 0.29) is 36.6 Å². The number of cyclic esters (lactones) is 1. The third-order valence-corrected chi connectivity index (χ3v) is 6.05. The fraction of sp³-hybridized carbons (Fsp3) is 0.276. The van der Waals surface area contributed by atoms with Crippen molar-refractivity contribution in [3.8, 4) is 0 Å². The van der Waals surface area contributed by atoms with E-state index < -0.39 is 18.2 Å². The van der Waals surface area contributed by atoms with Crippen LogP contribution in [-0.4, -0.2) is 28.8 Å². The van der Waals surface area contributed by atoms with Crippen molar-refractivity contribution < 1.29 is 23.5 Å². The van der Waals surface area contributed by atoms with Gasteiger partial charge in [0.2, 0.25) is 11.8 Å². The number of amides is 3. The van der Waals surface area contributed by atoms with Crippen molar-refractivity contribution in [1.29, 1.82) is 0 Å². The molecule has 0 aromatic heterocycles. The lowest BCUT2D eigenvalue weighted by molar-refractivity contribution is -0.126. The molecular weight excluding hydrogens is 473 g/mol. The zero-order chi connectivity index (χ0) is 26.4. The van der Waals surface area contributed by atoms with Crippen LogP contribution in [0.5, 0.6) is 0 Å². The van der Waals surface area contributed by atoms with E-state index in [1.807, 2.05) is 44.2 Å². The molecule has 0 bridgehead atoms. The highest BCUT2D eigenvalue weighted by atomic mass is 19.1. The summed E-state index contributed by atoms with van der Waals surface area (Å²) in [5.41, 5.74) is 2.84. The predicted molar refractivity (Wildman–Crippen MR) is 138 cm³/mol. The van der Waals surface area contributed by atoms with Crippen LogP contribution in [0.3, 0.4) is 0 Å². The number of hydrogen-bond acceptors (Lipinski definition) is 4. The Morgan fingerprint density at radius 1 is 0.946 bits per heavy atom. The molecule has 2 N–H and O–H groups in total. The summed E-state index contributed by atoms with van der Waals surface area (Å²) >= 11 is 0. The number of hydrogen-bond donors (Lipinski definition) is 2. The van der Waals surface area contributed by atoms with Gasteiger partial charge in [0.05, 0.1) is 6.54 Å². The number of halogens is 1. The number of rotatable bonds is 9. The molecule has 0 unspecified atom stereocenters.